The molecule has 0 spiro atoms. The van der Waals surface area contributed by atoms with Gasteiger partial charge >= 0.3 is 0 Å². The van der Waals surface area contributed by atoms with Crippen LogP contribution >= 0.6 is 0 Å². The Morgan fingerprint density at radius 3 is 2.61 bits per heavy atom. The molecule has 1 aliphatic rings. The number of para-hydroxylation sites is 1. The summed E-state index contributed by atoms with van der Waals surface area (Å²) in [7, 11) is 5.30. The summed E-state index contributed by atoms with van der Waals surface area (Å²) < 4.78 is 18.5. The van der Waals surface area contributed by atoms with Crippen LogP contribution in [0.4, 0.5) is 0 Å². The molecular weight excluding hydrogens is 418 g/mol. The molecule has 0 aliphatic carbocycles. The van der Waals surface area contributed by atoms with E-state index >= 15 is 0 Å². The summed E-state index contributed by atoms with van der Waals surface area (Å²) in [6.45, 7) is 4.82. The topological polar surface area (TPSA) is 65.0 Å². The molecule has 33 heavy (non-hydrogen) atoms. The lowest BCUT2D eigenvalue weighted by Crippen LogP contribution is -2.41. The van der Waals surface area contributed by atoms with Crippen LogP contribution < -0.4 is 14.8 Å². The van der Waals surface area contributed by atoms with Gasteiger partial charge in [0.2, 0.25) is 5.91 Å². The molecule has 3 aromatic rings. The van der Waals surface area contributed by atoms with E-state index in [9.17, 15) is 4.79 Å². The Hall–Kier alpha value is -3.03. The van der Waals surface area contributed by atoms with Gasteiger partial charge in [-0.1, -0.05) is 24.3 Å². The number of ether oxygens (including phenoxy) is 3. The van der Waals surface area contributed by atoms with Crippen molar-refractivity contribution in [2.24, 2.45) is 7.05 Å². The molecule has 4 rings (SSSR count). The number of benzene rings is 2. The summed E-state index contributed by atoms with van der Waals surface area (Å²) in [6, 6.07) is 14.2. The van der Waals surface area contributed by atoms with Crippen molar-refractivity contribution in [3.8, 4) is 11.5 Å². The van der Waals surface area contributed by atoms with Crippen LogP contribution in [-0.2, 0) is 16.6 Å². The number of hydrogen-bond donors (Lipinski definition) is 1. The number of carbonyl (C=O) groups is 1. The van der Waals surface area contributed by atoms with Crippen molar-refractivity contribution in [1.29, 1.82) is 0 Å². The second-order valence-corrected chi connectivity index (χ2v) is 8.39. The summed E-state index contributed by atoms with van der Waals surface area (Å²) in [4.78, 5) is 15.4. The van der Waals surface area contributed by atoms with E-state index in [4.69, 9.17) is 14.2 Å². The first-order valence-electron chi connectivity index (χ1n) is 11.4. The van der Waals surface area contributed by atoms with Gasteiger partial charge in [-0.3, -0.25) is 9.69 Å². The smallest absolute Gasteiger partial charge is 0.220 e. The van der Waals surface area contributed by atoms with E-state index in [2.05, 4.69) is 33.1 Å². The standard InChI is InChI=1S/C26H33N3O4/c1-28-18-22(20-6-4-5-7-23(20)28)21(19-8-9-24(31-2)25(16-19)32-3)17-26(30)27-10-11-29-12-14-33-15-13-29/h4-9,16,18,21H,10-15,17H2,1-3H3,(H,27,30). The molecular formula is C26H33N3O4. The number of methoxy groups -OCH3 is 2. The van der Waals surface area contributed by atoms with E-state index in [1.807, 2.05) is 37.4 Å². The second kappa shape index (κ2) is 10.7. The fourth-order valence-corrected chi connectivity index (χ4v) is 4.56. The third-order valence-electron chi connectivity index (χ3n) is 6.36. The zero-order valence-corrected chi connectivity index (χ0v) is 19.7. The van der Waals surface area contributed by atoms with Crippen molar-refractivity contribution in [3.63, 3.8) is 0 Å². The minimum Gasteiger partial charge on any atom is -0.493 e. The molecule has 2 aromatic carbocycles. The van der Waals surface area contributed by atoms with Crippen LogP contribution in [0.25, 0.3) is 10.9 Å². The van der Waals surface area contributed by atoms with Crippen molar-refractivity contribution in [2.45, 2.75) is 12.3 Å². The molecule has 176 valence electrons. The van der Waals surface area contributed by atoms with Gasteiger partial charge in [0.05, 0.1) is 27.4 Å². The Morgan fingerprint density at radius 1 is 1.09 bits per heavy atom. The van der Waals surface area contributed by atoms with Gasteiger partial charge in [0.1, 0.15) is 0 Å². The van der Waals surface area contributed by atoms with E-state index in [0.29, 0.717) is 24.5 Å². The molecule has 1 N–H and O–H groups in total. The highest BCUT2D eigenvalue weighted by Crippen LogP contribution is 2.38. The van der Waals surface area contributed by atoms with E-state index in [1.165, 1.54) is 0 Å². The maximum Gasteiger partial charge on any atom is 0.220 e. The molecule has 1 fully saturated rings. The number of aryl methyl sites for hydroxylation is 1. The highest BCUT2D eigenvalue weighted by atomic mass is 16.5. The Morgan fingerprint density at radius 2 is 1.85 bits per heavy atom. The fraction of sp³-hybridized carbons (Fsp3) is 0.423. The normalized spacial score (nSPS) is 15.4. The van der Waals surface area contributed by atoms with Crippen LogP contribution in [0.1, 0.15) is 23.5 Å². The predicted octanol–water partition coefficient (Wildman–Crippen LogP) is 3.17. The first-order chi connectivity index (χ1) is 16.1. The summed E-state index contributed by atoms with van der Waals surface area (Å²) in [5.74, 6) is 1.26. The fourth-order valence-electron chi connectivity index (χ4n) is 4.56. The average molecular weight is 452 g/mol. The van der Waals surface area contributed by atoms with Crippen LogP contribution in [-0.4, -0.2) is 69.0 Å². The Labute approximate surface area is 195 Å². The molecule has 1 atom stereocenters. The number of rotatable bonds is 9. The molecule has 7 nitrogen and oxygen atoms in total. The average Bonchev–Trinajstić information content (AvgIpc) is 3.19. The Kier molecular flexibility index (Phi) is 7.52. The van der Waals surface area contributed by atoms with Crippen molar-refractivity contribution < 1.29 is 19.0 Å². The lowest BCUT2D eigenvalue weighted by molar-refractivity contribution is -0.121. The maximum absolute atomic E-state index is 13.0. The summed E-state index contributed by atoms with van der Waals surface area (Å²) in [5.41, 5.74) is 3.29. The molecule has 1 amide bonds. The minimum atomic E-state index is -0.112. The lowest BCUT2D eigenvalue weighted by Gasteiger charge is -2.26. The van der Waals surface area contributed by atoms with Crippen LogP contribution in [0.2, 0.25) is 0 Å². The number of carbonyl (C=O) groups excluding carboxylic acids is 1. The zero-order chi connectivity index (χ0) is 23.2. The number of morpholine rings is 1. The highest BCUT2D eigenvalue weighted by Gasteiger charge is 2.23. The Balaban J connectivity index is 1.58. The second-order valence-electron chi connectivity index (χ2n) is 8.39. The maximum atomic E-state index is 13.0. The molecule has 7 heteroatoms. The number of fused-ring (bicyclic) bond motifs is 1. The van der Waals surface area contributed by atoms with Crippen LogP contribution in [0.5, 0.6) is 11.5 Å². The minimum absolute atomic E-state index is 0.0379. The number of amides is 1. The van der Waals surface area contributed by atoms with Crippen LogP contribution in [0, 0.1) is 0 Å². The van der Waals surface area contributed by atoms with Gasteiger partial charge in [-0.05, 0) is 29.3 Å². The molecule has 0 saturated carbocycles. The molecule has 1 unspecified atom stereocenters. The third-order valence-corrected chi connectivity index (χ3v) is 6.36. The van der Waals surface area contributed by atoms with Gasteiger partial charge in [0, 0.05) is 62.7 Å². The van der Waals surface area contributed by atoms with Crippen LogP contribution in [0.3, 0.4) is 0 Å². The Bertz CT molecular complexity index is 1090. The predicted molar refractivity (Wildman–Crippen MR) is 129 cm³/mol. The molecule has 0 bridgehead atoms. The summed E-state index contributed by atoms with van der Waals surface area (Å²) in [6.07, 6.45) is 2.49. The molecule has 1 aromatic heterocycles. The third kappa shape index (κ3) is 5.31. The van der Waals surface area contributed by atoms with Gasteiger partial charge in [-0.2, -0.15) is 0 Å². The van der Waals surface area contributed by atoms with E-state index in [-0.39, 0.29) is 11.8 Å². The molecule has 0 radical (unpaired) electrons. The van der Waals surface area contributed by atoms with Gasteiger partial charge in [0.15, 0.2) is 11.5 Å². The van der Waals surface area contributed by atoms with Crippen molar-refractivity contribution in [3.05, 3.63) is 59.8 Å². The quantitative estimate of drug-likeness (QED) is 0.541. The van der Waals surface area contributed by atoms with Crippen molar-refractivity contribution in [2.75, 3.05) is 53.6 Å². The highest BCUT2D eigenvalue weighted by molar-refractivity contribution is 5.86. The van der Waals surface area contributed by atoms with Gasteiger partial charge in [-0.25, -0.2) is 0 Å². The number of nitrogens with one attached hydrogen (secondary N) is 1. The lowest BCUT2D eigenvalue weighted by atomic mass is 9.87. The monoisotopic (exact) mass is 451 g/mol. The van der Waals surface area contributed by atoms with Gasteiger partial charge in [-0.15, -0.1) is 0 Å². The van der Waals surface area contributed by atoms with Crippen LogP contribution in [0.15, 0.2) is 48.7 Å². The molecule has 1 aliphatic heterocycles. The van der Waals surface area contributed by atoms with E-state index < -0.39 is 0 Å². The first kappa shape index (κ1) is 23.1. The largest absolute Gasteiger partial charge is 0.493 e. The SMILES string of the molecule is COc1ccc(C(CC(=O)NCCN2CCOCC2)c2cn(C)c3ccccc23)cc1OC. The van der Waals surface area contributed by atoms with Crippen molar-refractivity contribution >= 4 is 16.8 Å². The van der Waals surface area contributed by atoms with Gasteiger partial charge in [0.25, 0.3) is 0 Å². The van der Waals surface area contributed by atoms with Crippen molar-refractivity contribution in [1.82, 2.24) is 14.8 Å². The first-order valence-corrected chi connectivity index (χ1v) is 11.4. The number of nitrogens with zero attached hydrogens (tertiary/aromatic N) is 2. The number of aromatic nitrogens is 1. The molecule has 1 saturated heterocycles. The number of hydrogen-bond acceptors (Lipinski definition) is 5. The summed E-state index contributed by atoms with van der Waals surface area (Å²) in [5, 5.41) is 4.28. The zero-order valence-electron chi connectivity index (χ0n) is 19.7. The molecule has 2 heterocycles. The van der Waals surface area contributed by atoms with E-state index in [1.54, 1.807) is 14.2 Å². The van der Waals surface area contributed by atoms with Gasteiger partial charge < -0.3 is 24.1 Å². The van der Waals surface area contributed by atoms with E-state index in [0.717, 1.165) is 54.9 Å². The summed E-state index contributed by atoms with van der Waals surface area (Å²) >= 11 is 0.